The van der Waals surface area contributed by atoms with E-state index in [1.807, 2.05) is 20.8 Å². The van der Waals surface area contributed by atoms with Crippen LogP contribution in [-0.4, -0.2) is 92.5 Å². The maximum atomic E-state index is 12.0. The van der Waals surface area contributed by atoms with Crippen LogP contribution in [0, 0.1) is 0 Å². The number of carbonyl (C=O) groups excluding carboxylic acids is 1. The molecule has 2 rings (SSSR count). The number of ether oxygens (including phenoxy) is 2. The van der Waals surface area contributed by atoms with Crippen molar-refractivity contribution < 1.29 is 14.3 Å². The molecule has 2 fully saturated rings. The van der Waals surface area contributed by atoms with Crippen molar-refractivity contribution in [1.82, 2.24) is 20.4 Å². The third kappa shape index (κ3) is 9.25. The van der Waals surface area contributed by atoms with Crippen LogP contribution >= 0.6 is 24.0 Å². The van der Waals surface area contributed by atoms with Crippen LogP contribution < -0.4 is 10.6 Å². The normalized spacial score (nSPS) is 23.1. The van der Waals surface area contributed by atoms with Gasteiger partial charge in [0.2, 0.25) is 0 Å². The molecule has 2 heterocycles. The number of methoxy groups -OCH3 is 1. The lowest BCUT2D eigenvalue weighted by atomic mass is 10.2. The van der Waals surface area contributed by atoms with Crippen molar-refractivity contribution in [2.24, 2.45) is 4.99 Å². The van der Waals surface area contributed by atoms with Gasteiger partial charge in [0.1, 0.15) is 5.60 Å². The predicted molar refractivity (Wildman–Crippen MR) is 127 cm³/mol. The molecule has 0 aromatic rings. The molecule has 9 heteroatoms. The molecule has 0 radical (unpaired) electrons. The highest BCUT2D eigenvalue weighted by atomic mass is 127. The molecule has 0 bridgehead atoms. The minimum absolute atomic E-state index is 0. The molecule has 29 heavy (non-hydrogen) atoms. The van der Waals surface area contributed by atoms with E-state index in [1.54, 1.807) is 7.11 Å². The highest BCUT2D eigenvalue weighted by Gasteiger charge is 2.29. The number of guanidine groups is 1. The van der Waals surface area contributed by atoms with Crippen molar-refractivity contribution in [3.63, 3.8) is 0 Å². The van der Waals surface area contributed by atoms with Crippen LogP contribution in [0.1, 0.15) is 47.0 Å². The summed E-state index contributed by atoms with van der Waals surface area (Å²) in [5, 5.41) is 6.39. The maximum Gasteiger partial charge on any atom is 0.407 e. The molecule has 0 saturated carbocycles. The molecule has 2 aliphatic rings. The zero-order valence-electron chi connectivity index (χ0n) is 18.7. The number of hydrogen-bond donors (Lipinski definition) is 2. The fourth-order valence-electron chi connectivity index (χ4n) is 3.77. The molecule has 2 N–H and O–H groups in total. The summed E-state index contributed by atoms with van der Waals surface area (Å²) in [4.78, 5) is 21.7. The molecule has 0 aliphatic carbocycles. The summed E-state index contributed by atoms with van der Waals surface area (Å²) in [5.74, 6) is 0.939. The monoisotopic (exact) mass is 525 g/mol. The first-order chi connectivity index (χ1) is 13.3. The highest BCUT2D eigenvalue weighted by molar-refractivity contribution is 14.0. The summed E-state index contributed by atoms with van der Waals surface area (Å²) < 4.78 is 10.6. The molecule has 2 atom stereocenters. The number of alkyl carbamates (subject to hydrolysis) is 1. The average Bonchev–Trinajstić information content (AvgIpc) is 3.24. The Morgan fingerprint density at radius 1 is 1.24 bits per heavy atom. The van der Waals surface area contributed by atoms with E-state index in [-0.39, 0.29) is 36.1 Å². The van der Waals surface area contributed by atoms with Crippen molar-refractivity contribution in [2.45, 2.75) is 64.6 Å². The summed E-state index contributed by atoms with van der Waals surface area (Å²) in [7, 11) is 1.75. The van der Waals surface area contributed by atoms with Crippen LogP contribution in [0.3, 0.4) is 0 Å². The Morgan fingerprint density at radius 2 is 2.00 bits per heavy atom. The SMILES string of the molecule is CCNC(=NCC1CCCN1CCOC)N1CCC(NC(=O)OC(C)(C)C)C1.I. The Hall–Kier alpha value is -0.810. The number of halogens is 1. The van der Waals surface area contributed by atoms with E-state index in [0.29, 0.717) is 6.04 Å². The molecular formula is C20H40IN5O3. The zero-order chi connectivity index (χ0) is 20.6. The number of nitrogens with zero attached hydrogens (tertiary/aromatic N) is 3. The lowest BCUT2D eigenvalue weighted by Crippen LogP contribution is -2.44. The van der Waals surface area contributed by atoms with Gasteiger partial charge < -0.3 is 25.0 Å². The first-order valence-corrected chi connectivity index (χ1v) is 10.6. The summed E-state index contributed by atoms with van der Waals surface area (Å²) in [6.07, 6.45) is 2.97. The molecule has 2 saturated heterocycles. The van der Waals surface area contributed by atoms with E-state index in [0.717, 1.165) is 58.3 Å². The van der Waals surface area contributed by atoms with Gasteiger partial charge >= 0.3 is 6.09 Å². The van der Waals surface area contributed by atoms with Gasteiger partial charge in [-0.3, -0.25) is 9.89 Å². The molecule has 2 aliphatic heterocycles. The largest absolute Gasteiger partial charge is 0.444 e. The van der Waals surface area contributed by atoms with Crippen LogP contribution in [0.4, 0.5) is 4.79 Å². The number of rotatable bonds is 7. The fourth-order valence-corrected chi connectivity index (χ4v) is 3.77. The van der Waals surface area contributed by atoms with Crippen LogP contribution in [0.15, 0.2) is 4.99 Å². The van der Waals surface area contributed by atoms with E-state index in [9.17, 15) is 4.79 Å². The Morgan fingerprint density at radius 3 is 2.66 bits per heavy atom. The zero-order valence-corrected chi connectivity index (χ0v) is 21.0. The Bertz CT molecular complexity index is 527. The van der Waals surface area contributed by atoms with Crippen molar-refractivity contribution in [1.29, 1.82) is 0 Å². The number of aliphatic imine (C=N–C) groups is 1. The molecule has 0 spiro atoms. The van der Waals surface area contributed by atoms with Gasteiger partial charge in [-0.2, -0.15) is 0 Å². The van der Waals surface area contributed by atoms with Gasteiger partial charge in [0.05, 0.1) is 19.2 Å². The molecular weight excluding hydrogens is 485 g/mol. The summed E-state index contributed by atoms with van der Waals surface area (Å²) in [6, 6.07) is 0.575. The molecule has 0 aromatic carbocycles. The van der Waals surface area contributed by atoms with Gasteiger partial charge in [-0.25, -0.2) is 4.79 Å². The minimum Gasteiger partial charge on any atom is -0.444 e. The number of nitrogens with one attached hydrogen (secondary N) is 2. The maximum absolute atomic E-state index is 12.0. The first-order valence-electron chi connectivity index (χ1n) is 10.6. The van der Waals surface area contributed by atoms with Crippen molar-refractivity contribution in [2.75, 3.05) is 53.0 Å². The molecule has 170 valence electrons. The van der Waals surface area contributed by atoms with Crippen LogP contribution in [0.5, 0.6) is 0 Å². The third-order valence-corrected chi connectivity index (χ3v) is 5.08. The van der Waals surface area contributed by atoms with Crippen molar-refractivity contribution in [3.8, 4) is 0 Å². The molecule has 2 unspecified atom stereocenters. The second-order valence-corrected chi connectivity index (χ2v) is 8.60. The Kier molecular flexibility index (Phi) is 11.6. The number of hydrogen-bond acceptors (Lipinski definition) is 5. The third-order valence-electron chi connectivity index (χ3n) is 5.08. The quantitative estimate of drug-likeness (QED) is 0.302. The Labute approximate surface area is 193 Å². The van der Waals surface area contributed by atoms with Crippen molar-refractivity contribution >= 4 is 36.0 Å². The standard InChI is InChI=1S/C20H39N5O3.HI/c1-6-21-18(22-14-17-8-7-10-24(17)12-13-27-5)25-11-9-16(15-25)23-19(26)28-20(2,3)4;/h16-17H,6-15H2,1-5H3,(H,21,22)(H,23,26);1H. The van der Waals surface area contributed by atoms with E-state index in [4.69, 9.17) is 14.5 Å². The molecule has 1 amide bonds. The van der Waals surface area contributed by atoms with Gasteiger partial charge in [-0.15, -0.1) is 24.0 Å². The van der Waals surface area contributed by atoms with Gasteiger partial charge in [0, 0.05) is 39.3 Å². The van der Waals surface area contributed by atoms with E-state index in [2.05, 4.69) is 27.4 Å². The average molecular weight is 525 g/mol. The smallest absolute Gasteiger partial charge is 0.407 e. The van der Waals surface area contributed by atoms with E-state index >= 15 is 0 Å². The van der Waals surface area contributed by atoms with E-state index in [1.165, 1.54) is 12.8 Å². The van der Waals surface area contributed by atoms with Gasteiger partial charge in [-0.05, 0) is 53.5 Å². The summed E-state index contributed by atoms with van der Waals surface area (Å²) >= 11 is 0. The highest BCUT2D eigenvalue weighted by Crippen LogP contribution is 2.18. The van der Waals surface area contributed by atoms with E-state index < -0.39 is 5.60 Å². The minimum atomic E-state index is -0.477. The lowest BCUT2D eigenvalue weighted by Gasteiger charge is -2.25. The van der Waals surface area contributed by atoms with Gasteiger partial charge in [0.25, 0.3) is 0 Å². The topological polar surface area (TPSA) is 78.4 Å². The van der Waals surface area contributed by atoms with Crippen molar-refractivity contribution in [3.05, 3.63) is 0 Å². The first kappa shape index (κ1) is 26.2. The van der Waals surface area contributed by atoms with Crippen LogP contribution in [0.2, 0.25) is 0 Å². The predicted octanol–water partition coefficient (Wildman–Crippen LogP) is 2.28. The van der Waals surface area contributed by atoms with Gasteiger partial charge in [0.15, 0.2) is 5.96 Å². The summed E-state index contributed by atoms with van der Waals surface area (Å²) in [5.41, 5.74) is -0.477. The number of carbonyl (C=O) groups is 1. The fraction of sp³-hybridized carbons (Fsp3) is 0.900. The second kappa shape index (κ2) is 12.8. The number of likely N-dealkylation sites (tertiary alicyclic amines) is 2. The second-order valence-electron chi connectivity index (χ2n) is 8.60. The Balaban J connectivity index is 0.00000420. The van der Waals surface area contributed by atoms with Gasteiger partial charge in [-0.1, -0.05) is 0 Å². The molecule has 8 nitrogen and oxygen atoms in total. The lowest BCUT2D eigenvalue weighted by molar-refractivity contribution is 0.0507. The van der Waals surface area contributed by atoms with Crippen LogP contribution in [-0.2, 0) is 9.47 Å². The van der Waals surface area contributed by atoms with Crippen LogP contribution in [0.25, 0.3) is 0 Å². The molecule has 0 aromatic heterocycles. The number of amides is 1. The summed E-state index contributed by atoms with van der Waals surface area (Å²) in [6.45, 7) is 13.8.